The third-order valence-electron chi connectivity index (χ3n) is 7.95. The molecular formula is C33H30N2O6. The molecule has 3 aliphatic rings. The second-order valence-electron chi connectivity index (χ2n) is 10.5. The standard InChI is InChI=1S/C33H30N2O6/c1-3-4-19-40-24-16-12-23(13-17-24)34-32(38)28-27-18-11-21-7-5-6-8-26(21)35(27)30(29(28)33(34)39)31(37)22-9-14-25(15-10-22)41-20(2)36/h5-18,27-30H,3-4,19H2,1-2H3/t27-,28-,29-,30-/m0/s1. The van der Waals surface area contributed by atoms with E-state index in [1.54, 1.807) is 48.5 Å². The van der Waals surface area contributed by atoms with Gasteiger partial charge in [-0.25, -0.2) is 4.90 Å². The van der Waals surface area contributed by atoms with Crippen molar-refractivity contribution in [1.82, 2.24) is 0 Å². The lowest BCUT2D eigenvalue weighted by atomic mass is 9.86. The molecule has 0 aliphatic carbocycles. The molecule has 6 rings (SSSR count). The molecule has 41 heavy (non-hydrogen) atoms. The minimum atomic E-state index is -0.895. The van der Waals surface area contributed by atoms with Crippen molar-refractivity contribution in [2.24, 2.45) is 11.8 Å². The van der Waals surface area contributed by atoms with Crippen molar-refractivity contribution < 1.29 is 28.7 Å². The monoisotopic (exact) mass is 550 g/mol. The van der Waals surface area contributed by atoms with Crippen LogP contribution in [0.2, 0.25) is 0 Å². The maximum Gasteiger partial charge on any atom is 0.308 e. The fourth-order valence-electron chi connectivity index (χ4n) is 6.12. The third kappa shape index (κ3) is 4.59. The quantitative estimate of drug-likeness (QED) is 0.127. The van der Waals surface area contributed by atoms with Gasteiger partial charge in [-0.2, -0.15) is 0 Å². The van der Waals surface area contributed by atoms with Crippen molar-refractivity contribution >= 4 is 41.0 Å². The zero-order valence-electron chi connectivity index (χ0n) is 22.9. The molecule has 0 radical (unpaired) electrons. The van der Waals surface area contributed by atoms with Crippen LogP contribution in [0.3, 0.4) is 0 Å². The third-order valence-corrected chi connectivity index (χ3v) is 7.95. The number of hydrogen-bond acceptors (Lipinski definition) is 7. The zero-order chi connectivity index (χ0) is 28.7. The van der Waals surface area contributed by atoms with Crippen LogP contribution >= 0.6 is 0 Å². The first-order valence-electron chi connectivity index (χ1n) is 13.9. The number of esters is 1. The molecule has 4 atom stereocenters. The Balaban J connectivity index is 1.36. The van der Waals surface area contributed by atoms with Gasteiger partial charge in [-0.3, -0.25) is 19.2 Å². The number of para-hydroxylation sites is 1. The number of ketones is 1. The van der Waals surface area contributed by atoms with Crippen LogP contribution in [0, 0.1) is 11.8 Å². The van der Waals surface area contributed by atoms with Crippen LogP contribution in [0.15, 0.2) is 78.9 Å². The first-order chi connectivity index (χ1) is 19.9. The Morgan fingerprint density at radius 2 is 1.54 bits per heavy atom. The maximum absolute atomic E-state index is 14.2. The van der Waals surface area contributed by atoms with Crippen molar-refractivity contribution in [2.75, 3.05) is 16.4 Å². The van der Waals surface area contributed by atoms with Crippen molar-refractivity contribution in [2.45, 2.75) is 38.8 Å². The van der Waals surface area contributed by atoms with Gasteiger partial charge in [-0.05, 0) is 66.6 Å². The predicted octanol–water partition coefficient (Wildman–Crippen LogP) is 5.06. The number of imide groups is 1. The Kier molecular flexibility index (Phi) is 6.91. The minimum absolute atomic E-state index is 0.273. The Hall–Kier alpha value is -4.72. The van der Waals surface area contributed by atoms with Crippen molar-refractivity contribution in [1.29, 1.82) is 0 Å². The second kappa shape index (κ2) is 10.7. The van der Waals surface area contributed by atoms with E-state index >= 15 is 0 Å². The van der Waals surface area contributed by atoms with E-state index in [1.807, 2.05) is 41.3 Å². The highest BCUT2D eigenvalue weighted by Crippen LogP contribution is 2.50. The smallest absolute Gasteiger partial charge is 0.308 e. The van der Waals surface area contributed by atoms with E-state index in [2.05, 4.69) is 6.92 Å². The fourth-order valence-corrected chi connectivity index (χ4v) is 6.12. The van der Waals surface area contributed by atoms with Crippen LogP contribution in [-0.2, 0) is 14.4 Å². The van der Waals surface area contributed by atoms with Crippen LogP contribution in [0.5, 0.6) is 11.5 Å². The summed E-state index contributed by atoms with van der Waals surface area (Å²) in [5.41, 5.74) is 2.55. The summed E-state index contributed by atoms with van der Waals surface area (Å²) in [5, 5.41) is 0. The van der Waals surface area contributed by atoms with E-state index in [9.17, 15) is 19.2 Å². The van der Waals surface area contributed by atoms with Gasteiger partial charge in [0.25, 0.3) is 0 Å². The largest absolute Gasteiger partial charge is 0.494 e. The first kappa shape index (κ1) is 26.5. The molecule has 0 unspecified atom stereocenters. The molecule has 8 heteroatoms. The van der Waals surface area contributed by atoms with Crippen molar-refractivity contribution in [3.05, 3.63) is 90.0 Å². The lowest BCUT2D eigenvalue weighted by Crippen LogP contribution is -2.48. The van der Waals surface area contributed by atoms with E-state index in [0.717, 1.165) is 24.1 Å². The predicted molar refractivity (Wildman–Crippen MR) is 154 cm³/mol. The van der Waals surface area contributed by atoms with Gasteiger partial charge in [-0.1, -0.05) is 43.7 Å². The van der Waals surface area contributed by atoms with Gasteiger partial charge < -0.3 is 14.4 Å². The summed E-state index contributed by atoms with van der Waals surface area (Å²) in [7, 11) is 0. The van der Waals surface area contributed by atoms with E-state index in [1.165, 1.54) is 11.8 Å². The number of rotatable bonds is 8. The van der Waals surface area contributed by atoms with Crippen LogP contribution in [0.25, 0.3) is 6.08 Å². The van der Waals surface area contributed by atoms with Gasteiger partial charge >= 0.3 is 5.97 Å². The summed E-state index contributed by atoms with van der Waals surface area (Å²) >= 11 is 0. The maximum atomic E-state index is 14.2. The van der Waals surface area contributed by atoms with Crippen LogP contribution in [-0.4, -0.2) is 42.3 Å². The molecule has 0 N–H and O–H groups in total. The molecule has 3 aromatic carbocycles. The molecule has 208 valence electrons. The van der Waals surface area contributed by atoms with Crippen molar-refractivity contribution in [3.63, 3.8) is 0 Å². The number of carbonyl (C=O) groups excluding carboxylic acids is 4. The normalized spacial score (nSPS) is 22.3. The van der Waals surface area contributed by atoms with E-state index in [4.69, 9.17) is 9.47 Å². The number of amides is 2. The van der Waals surface area contributed by atoms with Gasteiger partial charge in [0, 0.05) is 18.2 Å². The molecule has 0 bridgehead atoms. The Morgan fingerprint density at radius 3 is 2.24 bits per heavy atom. The number of ether oxygens (including phenoxy) is 2. The summed E-state index contributed by atoms with van der Waals surface area (Å²) in [6.45, 7) is 3.99. The van der Waals surface area contributed by atoms with Gasteiger partial charge in [0.1, 0.15) is 17.5 Å². The second-order valence-corrected chi connectivity index (χ2v) is 10.5. The lowest BCUT2D eigenvalue weighted by molar-refractivity contribution is -0.132. The van der Waals surface area contributed by atoms with E-state index in [0.29, 0.717) is 29.4 Å². The number of carbonyl (C=O) groups is 4. The Morgan fingerprint density at radius 1 is 0.854 bits per heavy atom. The number of unbranched alkanes of at least 4 members (excludes halogenated alkanes) is 1. The van der Waals surface area contributed by atoms with Gasteiger partial charge in [0.2, 0.25) is 11.8 Å². The van der Waals surface area contributed by atoms with Gasteiger partial charge in [-0.15, -0.1) is 0 Å². The van der Waals surface area contributed by atoms with Crippen molar-refractivity contribution in [3.8, 4) is 11.5 Å². The highest BCUT2D eigenvalue weighted by molar-refractivity contribution is 6.25. The number of fused-ring (bicyclic) bond motifs is 5. The van der Waals surface area contributed by atoms with E-state index in [-0.39, 0.29) is 11.7 Å². The fraction of sp³-hybridized carbons (Fsp3) is 0.273. The topological polar surface area (TPSA) is 93.2 Å². The summed E-state index contributed by atoms with van der Waals surface area (Å²) in [6.07, 6.45) is 5.84. The highest BCUT2D eigenvalue weighted by Gasteiger charge is 2.64. The van der Waals surface area contributed by atoms with Crippen LogP contribution < -0.4 is 19.3 Å². The summed E-state index contributed by atoms with van der Waals surface area (Å²) in [4.78, 5) is 56.7. The van der Waals surface area contributed by atoms with Crippen LogP contribution in [0.1, 0.15) is 42.6 Å². The minimum Gasteiger partial charge on any atom is -0.494 e. The summed E-state index contributed by atoms with van der Waals surface area (Å²) < 4.78 is 10.9. The Bertz CT molecular complexity index is 1540. The number of benzene rings is 3. The first-order valence-corrected chi connectivity index (χ1v) is 13.9. The molecule has 3 aliphatic heterocycles. The average Bonchev–Trinajstić information content (AvgIpc) is 3.46. The molecule has 3 heterocycles. The average molecular weight is 551 g/mol. The van der Waals surface area contributed by atoms with Crippen LogP contribution in [0.4, 0.5) is 11.4 Å². The SMILES string of the molecule is CCCCOc1ccc(N2C(=O)[C@@H]3[C@H](C2=O)[C@@H](C(=O)c2ccc(OC(C)=O)cc2)N2c4ccccc4C=C[C@@H]32)cc1. The zero-order valence-corrected chi connectivity index (χ0v) is 22.9. The molecule has 3 aromatic rings. The molecule has 0 saturated carbocycles. The number of nitrogens with zero attached hydrogens (tertiary/aromatic N) is 2. The molecule has 2 amide bonds. The number of anilines is 2. The lowest BCUT2D eigenvalue weighted by Gasteiger charge is -2.36. The van der Waals surface area contributed by atoms with E-state index < -0.39 is 35.8 Å². The Labute approximate surface area is 238 Å². The number of Topliss-reactive ketones (excluding diaryl/α,β-unsaturated/α-hetero) is 1. The summed E-state index contributed by atoms with van der Waals surface area (Å²) in [5.74, 6) is -2.05. The molecular weight excluding hydrogens is 520 g/mol. The number of hydrogen-bond donors (Lipinski definition) is 0. The molecule has 2 fully saturated rings. The summed E-state index contributed by atoms with van der Waals surface area (Å²) in [6, 6.07) is 19.6. The molecule has 0 aromatic heterocycles. The molecule has 2 saturated heterocycles. The van der Waals surface area contributed by atoms with Gasteiger partial charge in [0.15, 0.2) is 5.78 Å². The van der Waals surface area contributed by atoms with Gasteiger partial charge in [0.05, 0.1) is 30.2 Å². The molecule has 8 nitrogen and oxygen atoms in total. The highest BCUT2D eigenvalue weighted by atomic mass is 16.5. The molecule has 0 spiro atoms.